The summed E-state index contributed by atoms with van der Waals surface area (Å²) in [6.45, 7) is 6.48. The first-order valence-electron chi connectivity index (χ1n) is 5.47. The molecule has 0 aliphatic heterocycles. The zero-order chi connectivity index (χ0) is 11.7. The lowest BCUT2D eigenvalue weighted by molar-refractivity contribution is -0.675. The van der Waals surface area contributed by atoms with E-state index < -0.39 is 0 Å². The minimum absolute atomic E-state index is 0.928. The van der Waals surface area contributed by atoms with Crippen LogP contribution in [0.3, 0.4) is 0 Å². The highest BCUT2D eigenvalue weighted by Gasteiger charge is 2.11. The molecule has 84 valence electrons. The van der Waals surface area contributed by atoms with Crippen molar-refractivity contribution in [3.63, 3.8) is 0 Å². The summed E-state index contributed by atoms with van der Waals surface area (Å²) in [7, 11) is 2.73. The maximum absolute atomic E-state index is 2.73. The SMILES string of the molecule is Cc1cc(C)c(-n2cc[n+](CP)c2)c(C)c1. The van der Waals surface area contributed by atoms with E-state index in [1.54, 1.807) is 0 Å². The van der Waals surface area contributed by atoms with Crippen LogP contribution in [0.25, 0.3) is 5.69 Å². The van der Waals surface area contributed by atoms with Crippen molar-refractivity contribution in [2.75, 3.05) is 0 Å². The molecule has 1 unspecified atom stereocenters. The highest BCUT2D eigenvalue weighted by Crippen LogP contribution is 2.20. The molecule has 1 atom stereocenters. The molecule has 1 aromatic carbocycles. The molecule has 1 aromatic heterocycles. The molecule has 2 nitrogen and oxygen atoms in total. The minimum Gasteiger partial charge on any atom is -0.233 e. The molecule has 1 heterocycles. The predicted molar refractivity (Wildman–Crippen MR) is 69.9 cm³/mol. The van der Waals surface area contributed by atoms with Crippen LogP contribution in [0.2, 0.25) is 0 Å². The van der Waals surface area contributed by atoms with Crippen LogP contribution >= 0.6 is 9.24 Å². The van der Waals surface area contributed by atoms with Gasteiger partial charge in [-0.3, -0.25) is 0 Å². The van der Waals surface area contributed by atoms with Crippen LogP contribution in [0, 0.1) is 20.8 Å². The van der Waals surface area contributed by atoms with Gasteiger partial charge >= 0.3 is 0 Å². The lowest BCUT2D eigenvalue weighted by Crippen LogP contribution is -2.27. The second kappa shape index (κ2) is 4.39. The zero-order valence-electron chi connectivity index (χ0n) is 10.1. The average molecular weight is 233 g/mol. The largest absolute Gasteiger partial charge is 0.249 e. The highest BCUT2D eigenvalue weighted by molar-refractivity contribution is 7.14. The number of aromatic nitrogens is 2. The monoisotopic (exact) mass is 233 g/mol. The zero-order valence-corrected chi connectivity index (χ0v) is 11.2. The third kappa shape index (κ3) is 2.03. The molecular weight excluding hydrogens is 215 g/mol. The molecule has 0 amide bonds. The van der Waals surface area contributed by atoms with Crippen LogP contribution in [0.1, 0.15) is 16.7 Å². The minimum atomic E-state index is 0.928. The lowest BCUT2D eigenvalue weighted by Gasteiger charge is -2.06. The number of hydrogen-bond acceptors (Lipinski definition) is 0. The van der Waals surface area contributed by atoms with Gasteiger partial charge in [-0.05, 0) is 31.9 Å². The van der Waals surface area contributed by atoms with Gasteiger partial charge in [0.05, 0.1) is 0 Å². The number of benzene rings is 1. The highest BCUT2D eigenvalue weighted by atomic mass is 31.0. The molecule has 16 heavy (non-hydrogen) atoms. The molecule has 0 spiro atoms. The molecule has 0 saturated carbocycles. The van der Waals surface area contributed by atoms with Crippen molar-refractivity contribution in [1.29, 1.82) is 0 Å². The topological polar surface area (TPSA) is 8.81 Å². The second-order valence-electron chi connectivity index (χ2n) is 4.27. The molecular formula is C13H18N2P+. The molecule has 0 bridgehead atoms. The lowest BCUT2D eigenvalue weighted by atomic mass is 10.1. The van der Waals surface area contributed by atoms with Gasteiger partial charge in [0.25, 0.3) is 0 Å². The van der Waals surface area contributed by atoms with E-state index in [1.807, 2.05) is 0 Å². The Morgan fingerprint density at radius 1 is 1.19 bits per heavy atom. The average Bonchev–Trinajstić information content (AvgIpc) is 2.64. The predicted octanol–water partition coefficient (Wildman–Crippen LogP) is 2.52. The fraction of sp³-hybridized carbons (Fsp3) is 0.308. The van der Waals surface area contributed by atoms with E-state index in [0.29, 0.717) is 0 Å². The summed E-state index contributed by atoms with van der Waals surface area (Å²) < 4.78 is 4.33. The summed E-state index contributed by atoms with van der Waals surface area (Å²) in [5.41, 5.74) is 5.26. The first-order valence-corrected chi connectivity index (χ1v) is 6.29. The maximum Gasteiger partial charge on any atom is 0.249 e. The standard InChI is InChI=1S/C13H18N2P/c1-10-6-11(2)13(12(3)7-10)15-5-4-14(8-15)9-16/h4-8H,9,16H2,1-3H3/q+1. The van der Waals surface area contributed by atoms with Crippen molar-refractivity contribution in [2.45, 2.75) is 27.1 Å². The Bertz CT molecular complexity index is 491. The number of imidazole rings is 1. The summed E-state index contributed by atoms with van der Waals surface area (Å²) in [6, 6.07) is 4.46. The van der Waals surface area contributed by atoms with E-state index in [2.05, 4.69) is 70.0 Å². The number of rotatable bonds is 2. The van der Waals surface area contributed by atoms with Crippen LogP contribution in [0.5, 0.6) is 0 Å². The normalized spacial score (nSPS) is 10.8. The summed E-state index contributed by atoms with van der Waals surface area (Å²) >= 11 is 0. The quantitative estimate of drug-likeness (QED) is 0.556. The Labute approximate surface area is 99.1 Å². The van der Waals surface area contributed by atoms with Gasteiger partial charge in [-0.1, -0.05) is 26.9 Å². The third-order valence-corrected chi connectivity index (χ3v) is 3.22. The van der Waals surface area contributed by atoms with Crippen molar-refractivity contribution in [3.05, 3.63) is 47.5 Å². The van der Waals surface area contributed by atoms with Crippen LogP contribution in [0.15, 0.2) is 30.9 Å². The molecule has 0 aliphatic rings. The summed E-state index contributed by atoms with van der Waals surface area (Å²) in [5, 5.41) is 0. The Morgan fingerprint density at radius 3 is 2.31 bits per heavy atom. The maximum atomic E-state index is 2.73. The van der Waals surface area contributed by atoms with Crippen molar-refractivity contribution < 1.29 is 4.57 Å². The Hall–Kier alpha value is -1.14. The fourth-order valence-electron chi connectivity index (χ4n) is 2.21. The van der Waals surface area contributed by atoms with E-state index in [4.69, 9.17) is 0 Å². The van der Waals surface area contributed by atoms with Crippen molar-refractivity contribution in [2.24, 2.45) is 0 Å². The Morgan fingerprint density at radius 2 is 1.81 bits per heavy atom. The second-order valence-corrected chi connectivity index (χ2v) is 4.63. The fourth-order valence-corrected chi connectivity index (χ4v) is 2.43. The van der Waals surface area contributed by atoms with E-state index in [1.165, 1.54) is 22.4 Å². The third-order valence-electron chi connectivity index (χ3n) is 2.80. The van der Waals surface area contributed by atoms with Crippen molar-refractivity contribution >= 4 is 9.24 Å². The molecule has 3 heteroatoms. The summed E-state index contributed by atoms with van der Waals surface area (Å²) in [5.74, 6) is 0. The van der Waals surface area contributed by atoms with E-state index in [9.17, 15) is 0 Å². The van der Waals surface area contributed by atoms with Gasteiger partial charge in [-0.25, -0.2) is 9.13 Å². The van der Waals surface area contributed by atoms with Crippen LogP contribution in [0.4, 0.5) is 0 Å². The van der Waals surface area contributed by atoms with Crippen LogP contribution in [-0.4, -0.2) is 4.57 Å². The van der Waals surface area contributed by atoms with Gasteiger partial charge in [0.1, 0.15) is 24.4 Å². The van der Waals surface area contributed by atoms with Gasteiger partial charge in [-0.15, -0.1) is 0 Å². The molecule has 0 fully saturated rings. The molecule has 2 rings (SSSR count). The molecule has 2 aromatic rings. The Balaban J connectivity index is 2.55. The van der Waals surface area contributed by atoms with Crippen molar-refractivity contribution in [3.8, 4) is 5.69 Å². The smallest absolute Gasteiger partial charge is 0.233 e. The van der Waals surface area contributed by atoms with Gasteiger partial charge in [0, 0.05) is 0 Å². The molecule has 0 radical (unpaired) electrons. The van der Waals surface area contributed by atoms with E-state index in [0.717, 1.165) is 6.29 Å². The number of aryl methyl sites for hydroxylation is 3. The van der Waals surface area contributed by atoms with Gasteiger partial charge in [0.15, 0.2) is 0 Å². The molecule has 0 saturated heterocycles. The first-order chi connectivity index (χ1) is 7.61. The van der Waals surface area contributed by atoms with Gasteiger partial charge in [0.2, 0.25) is 6.33 Å². The molecule has 0 N–H and O–H groups in total. The van der Waals surface area contributed by atoms with E-state index >= 15 is 0 Å². The van der Waals surface area contributed by atoms with Gasteiger partial charge < -0.3 is 0 Å². The Kier molecular flexibility index (Phi) is 3.11. The first kappa shape index (κ1) is 11.3. The van der Waals surface area contributed by atoms with Gasteiger partial charge in [-0.2, -0.15) is 0 Å². The summed E-state index contributed by atoms with van der Waals surface area (Å²) in [6.07, 6.45) is 7.25. The van der Waals surface area contributed by atoms with E-state index in [-0.39, 0.29) is 0 Å². The van der Waals surface area contributed by atoms with Crippen LogP contribution in [-0.2, 0) is 6.29 Å². The number of hydrogen-bond donors (Lipinski definition) is 0. The number of nitrogens with zero attached hydrogens (tertiary/aromatic N) is 2. The van der Waals surface area contributed by atoms with Crippen molar-refractivity contribution in [1.82, 2.24) is 4.57 Å². The summed E-state index contributed by atoms with van der Waals surface area (Å²) in [4.78, 5) is 0. The molecule has 0 aliphatic carbocycles. The van der Waals surface area contributed by atoms with Crippen LogP contribution < -0.4 is 4.57 Å².